The first-order valence-electron chi connectivity index (χ1n) is 5.76. The van der Waals surface area contributed by atoms with Crippen molar-refractivity contribution in [2.24, 2.45) is 0 Å². The summed E-state index contributed by atoms with van der Waals surface area (Å²) < 4.78 is 4.64. The molecule has 3 N–H and O–H groups in total. The van der Waals surface area contributed by atoms with Crippen molar-refractivity contribution in [3.8, 4) is 6.07 Å². The lowest BCUT2D eigenvalue weighted by atomic mass is 10.1. The van der Waals surface area contributed by atoms with Crippen molar-refractivity contribution in [2.45, 2.75) is 32.7 Å². The number of nitrogens with one attached hydrogen (secondary N) is 1. The molecule has 0 spiro atoms. The molecule has 1 aromatic heterocycles. The Morgan fingerprint density at radius 3 is 2.61 bits per heavy atom. The smallest absolute Gasteiger partial charge is 0.350 e. The summed E-state index contributed by atoms with van der Waals surface area (Å²) in [5.41, 5.74) is 6.32. The molecule has 0 atom stereocenters. The van der Waals surface area contributed by atoms with Crippen LogP contribution in [0.3, 0.4) is 0 Å². The Labute approximate surface area is 111 Å². The summed E-state index contributed by atoms with van der Waals surface area (Å²) in [5.74, 6) is -0.508. The van der Waals surface area contributed by atoms with Gasteiger partial charge in [0.15, 0.2) is 0 Å². The molecule has 0 unspecified atom stereocenters. The van der Waals surface area contributed by atoms with Crippen molar-refractivity contribution in [2.75, 3.05) is 18.2 Å². The minimum Gasteiger partial charge on any atom is -0.465 e. The lowest BCUT2D eigenvalue weighted by Crippen LogP contribution is -2.16. The van der Waals surface area contributed by atoms with Crippen molar-refractivity contribution in [3.05, 3.63) is 10.4 Å². The zero-order chi connectivity index (χ0) is 13.7. The standard InChI is InChI=1S/C12H17N3O2S/c1-4-7(5-2)15-11-8(6-13)9(14)10(18-11)12(16)17-3/h7,15H,4-5,14H2,1-3H3. The number of carbonyl (C=O) groups is 1. The van der Waals surface area contributed by atoms with E-state index in [0.717, 1.165) is 12.8 Å². The minimum atomic E-state index is -0.508. The molecule has 1 rings (SSSR count). The van der Waals surface area contributed by atoms with Gasteiger partial charge in [0.2, 0.25) is 0 Å². The molecule has 0 bridgehead atoms. The second kappa shape index (κ2) is 6.26. The number of esters is 1. The average molecular weight is 267 g/mol. The lowest BCUT2D eigenvalue weighted by molar-refractivity contribution is 0.0607. The fraction of sp³-hybridized carbons (Fsp3) is 0.500. The van der Waals surface area contributed by atoms with Gasteiger partial charge >= 0.3 is 5.97 Å². The van der Waals surface area contributed by atoms with Crippen LogP contribution >= 0.6 is 11.3 Å². The van der Waals surface area contributed by atoms with E-state index in [0.29, 0.717) is 10.6 Å². The van der Waals surface area contributed by atoms with E-state index in [9.17, 15) is 4.79 Å². The maximum atomic E-state index is 11.5. The van der Waals surface area contributed by atoms with Crippen LogP contribution in [0.2, 0.25) is 0 Å². The molecule has 0 saturated carbocycles. The lowest BCUT2D eigenvalue weighted by Gasteiger charge is -2.14. The van der Waals surface area contributed by atoms with Gasteiger partial charge in [-0.1, -0.05) is 13.8 Å². The number of ether oxygens (including phenoxy) is 1. The third-order valence-corrected chi connectivity index (χ3v) is 3.87. The number of carbonyl (C=O) groups excluding carboxylic acids is 1. The molecule has 0 aliphatic rings. The summed E-state index contributed by atoms with van der Waals surface area (Å²) in [6.07, 6.45) is 1.87. The zero-order valence-corrected chi connectivity index (χ0v) is 11.6. The molecule has 0 radical (unpaired) electrons. The van der Waals surface area contributed by atoms with Crippen molar-refractivity contribution in [1.82, 2.24) is 0 Å². The van der Waals surface area contributed by atoms with Gasteiger partial charge in [0, 0.05) is 6.04 Å². The highest BCUT2D eigenvalue weighted by molar-refractivity contribution is 7.18. The van der Waals surface area contributed by atoms with E-state index in [1.165, 1.54) is 18.4 Å². The minimum absolute atomic E-state index is 0.197. The van der Waals surface area contributed by atoms with Crippen LogP contribution in [0.25, 0.3) is 0 Å². The van der Waals surface area contributed by atoms with Gasteiger partial charge < -0.3 is 15.8 Å². The van der Waals surface area contributed by atoms with Crippen LogP contribution < -0.4 is 11.1 Å². The third kappa shape index (κ3) is 2.74. The van der Waals surface area contributed by atoms with Gasteiger partial charge in [-0.3, -0.25) is 0 Å². The fourth-order valence-corrected chi connectivity index (χ4v) is 2.65. The van der Waals surface area contributed by atoms with Crippen LogP contribution in [0.5, 0.6) is 0 Å². The first kappa shape index (κ1) is 14.3. The van der Waals surface area contributed by atoms with Crippen molar-refractivity contribution in [1.29, 1.82) is 5.26 Å². The number of thiophene rings is 1. The number of nitrogen functional groups attached to an aromatic ring is 1. The van der Waals surface area contributed by atoms with Gasteiger partial charge in [-0.25, -0.2) is 4.79 Å². The number of nitriles is 1. The number of rotatable bonds is 5. The second-order valence-electron chi connectivity index (χ2n) is 3.81. The van der Waals surface area contributed by atoms with Gasteiger partial charge in [-0.2, -0.15) is 5.26 Å². The maximum absolute atomic E-state index is 11.5. The Bertz CT molecular complexity index is 472. The first-order valence-corrected chi connectivity index (χ1v) is 6.57. The molecule has 0 aliphatic carbocycles. The molecule has 18 heavy (non-hydrogen) atoms. The number of hydrogen-bond acceptors (Lipinski definition) is 6. The summed E-state index contributed by atoms with van der Waals surface area (Å²) in [6, 6.07) is 2.30. The molecule has 1 heterocycles. The molecule has 0 aromatic carbocycles. The summed E-state index contributed by atoms with van der Waals surface area (Å²) in [5, 5.41) is 13.0. The zero-order valence-electron chi connectivity index (χ0n) is 10.7. The number of nitrogens with zero attached hydrogens (tertiary/aromatic N) is 1. The van der Waals surface area contributed by atoms with E-state index in [4.69, 9.17) is 11.0 Å². The topological polar surface area (TPSA) is 88.1 Å². The largest absolute Gasteiger partial charge is 0.465 e. The maximum Gasteiger partial charge on any atom is 0.350 e. The summed E-state index contributed by atoms with van der Waals surface area (Å²) in [7, 11) is 1.29. The van der Waals surface area contributed by atoms with Crippen molar-refractivity contribution in [3.63, 3.8) is 0 Å². The van der Waals surface area contributed by atoms with Crippen LogP contribution in [0.1, 0.15) is 41.9 Å². The number of hydrogen-bond donors (Lipinski definition) is 2. The Hall–Kier alpha value is -1.74. The van der Waals surface area contributed by atoms with Crippen LogP contribution in [0.15, 0.2) is 0 Å². The molecule has 0 aliphatic heterocycles. The second-order valence-corrected chi connectivity index (χ2v) is 4.83. The fourth-order valence-electron chi connectivity index (χ4n) is 1.58. The molecular weight excluding hydrogens is 250 g/mol. The van der Waals surface area contributed by atoms with Crippen LogP contribution in [-0.4, -0.2) is 19.1 Å². The summed E-state index contributed by atoms with van der Waals surface area (Å²) in [4.78, 5) is 11.8. The van der Waals surface area contributed by atoms with Gasteiger partial charge in [-0.05, 0) is 12.8 Å². The predicted octanol–water partition coefficient (Wildman–Crippen LogP) is 2.59. The van der Waals surface area contributed by atoms with Gasteiger partial charge in [0.25, 0.3) is 0 Å². The highest BCUT2D eigenvalue weighted by Crippen LogP contribution is 2.36. The third-order valence-electron chi connectivity index (χ3n) is 2.75. The first-order chi connectivity index (χ1) is 8.58. The predicted molar refractivity (Wildman–Crippen MR) is 72.8 cm³/mol. The molecule has 6 heteroatoms. The Balaban J connectivity index is 3.13. The van der Waals surface area contributed by atoms with E-state index >= 15 is 0 Å². The Morgan fingerprint density at radius 2 is 2.17 bits per heavy atom. The monoisotopic (exact) mass is 267 g/mol. The summed E-state index contributed by atoms with van der Waals surface area (Å²) >= 11 is 1.17. The van der Waals surface area contributed by atoms with Gasteiger partial charge in [0.05, 0.1) is 12.8 Å². The van der Waals surface area contributed by atoms with E-state index in [1.54, 1.807) is 0 Å². The molecule has 0 saturated heterocycles. The van der Waals surface area contributed by atoms with Gasteiger partial charge in [0.1, 0.15) is 21.5 Å². The summed E-state index contributed by atoms with van der Waals surface area (Å²) in [6.45, 7) is 4.12. The Morgan fingerprint density at radius 1 is 1.56 bits per heavy atom. The van der Waals surface area contributed by atoms with Crippen LogP contribution in [-0.2, 0) is 4.74 Å². The van der Waals surface area contributed by atoms with Crippen molar-refractivity contribution < 1.29 is 9.53 Å². The normalized spacial score (nSPS) is 10.2. The molecular formula is C12H17N3O2S. The highest BCUT2D eigenvalue weighted by Gasteiger charge is 2.22. The average Bonchev–Trinajstić information content (AvgIpc) is 2.71. The highest BCUT2D eigenvalue weighted by atomic mass is 32.1. The SMILES string of the molecule is CCC(CC)Nc1sc(C(=O)OC)c(N)c1C#N. The molecule has 98 valence electrons. The quantitative estimate of drug-likeness (QED) is 0.800. The van der Waals surface area contributed by atoms with Crippen LogP contribution in [0.4, 0.5) is 10.7 Å². The number of nitrogens with two attached hydrogens (primary N) is 1. The molecule has 5 nitrogen and oxygen atoms in total. The van der Waals surface area contributed by atoms with E-state index < -0.39 is 5.97 Å². The number of anilines is 2. The van der Waals surface area contributed by atoms with E-state index in [-0.39, 0.29) is 16.6 Å². The van der Waals surface area contributed by atoms with E-state index in [1.807, 2.05) is 6.07 Å². The van der Waals surface area contributed by atoms with E-state index in [2.05, 4.69) is 23.9 Å². The molecule has 0 fully saturated rings. The molecule has 0 amide bonds. The van der Waals surface area contributed by atoms with Crippen LogP contribution in [0, 0.1) is 11.3 Å². The number of methoxy groups -OCH3 is 1. The van der Waals surface area contributed by atoms with Gasteiger partial charge in [-0.15, -0.1) is 11.3 Å². The van der Waals surface area contributed by atoms with Crippen molar-refractivity contribution >= 4 is 28.0 Å². The molecule has 1 aromatic rings. The Kier molecular flexibility index (Phi) is 4.98.